The van der Waals surface area contributed by atoms with Gasteiger partial charge in [-0.15, -0.1) is 0 Å². The number of rotatable bonds is 1. The minimum atomic E-state index is -0.944. The fraction of sp³-hybridized carbons (Fsp3) is 0.550. The zero-order valence-electron chi connectivity index (χ0n) is 16.3. The molecule has 144 valence electrons. The Morgan fingerprint density at radius 3 is 2.22 bits per heavy atom. The molecule has 0 bridgehead atoms. The van der Waals surface area contributed by atoms with Crippen molar-refractivity contribution < 1.29 is 14.7 Å². The predicted molar refractivity (Wildman–Crippen MR) is 101 cm³/mol. The Morgan fingerprint density at radius 2 is 1.78 bits per heavy atom. The number of nitrogens with zero attached hydrogens (tertiary/aromatic N) is 4. The number of hydrogen-bond donors (Lipinski definition) is 1. The molecule has 1 aromatic carbocycles. The van der Waals surface area contributed by atoms with Crippen molar-refractivity contribution in [3.05, 3.63) is 29.8 Å². The lowest BCUT2D eigenvalue weighted by molar-refractivity contribution is -0.134. The number of hydrogen-bond acceptors (Lipinski definition) is 4. The van der Waals surface area contributed by atoms with E-state index in [0.717, 1.165) is 5.69 Å². The summed E-state index contributed by atoms with van der Waals surface area (Å²) in [6.07, 6.45) is -0.195. The molecule has 0 saturated carbocycles. The predicted octanol–water partition coefficient (Wildman–Crippen LogP) is 2.72. The van der Waals surface area contributed by atoms with Crippen LogP contribution in [0.4, 0.5) is 10.5 Å². The van der Waals surface area contributed by atoms with Crippen LogP contribution >= 0.6 is 0 Å². The fourth-order valence-corrected chi connectivity index (χ4v) is 4.53. The molecule has 2 fully saturated rings. The molecule has 1 spiro atoms. The lowest BCUT2D eigenvalue weighted by Crippen LogP contribution is -2.59. The maximum absolute atomic E-state index is 13.4. The molecule has 1 atom stereocenters. The number of carbonyl (C=O) groups excluding carboxylic acids is 1. The first-order chi connectivity index (χ1) is 12.6. The van der Waals surface area contributed by atoms with Crippen molar-refractivity contribution in [3.8, 4) is 6.07 Å². The van der Waals surface area contributed by atoms with Gasteiger partial charge in [0.15, 0.2) is 0 Å². The lowest BCUT2D eigenvalue weighted by atomic mass is 9.84. The summed E-state index contributed by atoms with van der Waals surface area (Å²) in [6.45, 7) is 6.97. The van der Waals surface area contributed by atoms with Crippen molar-refractivity contribution in [2.24, 2.45) is 5.41 Å². The maximum atomic E-state index is 13.4. The Hall–Kier alpha value is -2.75. The molecular formula is C20H26N4O3. The highest BCUT2D eigenvalue weighted by Gasteiger charge is 2.59. The van der Waals surface area contributed by atoms with E-state index < -0.39 is 11.6 Å². The first kappa shape index (κ1) is 19.0. The number of nitriles is 1. The largest absolute Gasteiger partial charge is 0.465 e. The second-order valence-corrected chi connectivity index (χ2v) is 8.49. The first-order valence-electron chi connectivity index (χ1n) is 9.16. The van der Waals surface area contributed by atoms with Gasteiger partial charge in [-0.2, -0.15) is 5.26 Å². The van der Waals surface area contributed by atoms with Crippen LogP contribution in [0.25, 0.3) is 0 Å². The van der Waals surface area contributed by atoms with Gasteiger partial charge in [-0.05, 0) is 37.1 Å². The topological polar surface area (TPSA) is 87.9 Å². The number of likely N-dealkylation sites (tertiary alicyclic amines) is 1. The minimum Gasteiger partial charge on any atom is -0.465 e. The summed E-state index contributed by atoms with van der Waals surface area (Å²) in [4.78, 5) is 30.1. The van der Waals surface area contributed by atoms with Crippen LogP contribution in [0.1, 0.15) is 39.2 Å². The fourth-order valence-electron chi connectivity index (χ4n) is 4.53. The van der Waals surface area contributed by atoms with Crippen LogP contribution in [-0.2, 0) is 4.79 Å². The van der Waals surface area contributed by atoms with E-state index in [1.165, 1.54) is 4.90 Å². The quantitative estimate of drug-likeness (QED) is 0.821. The van der Waals surface area contributed by atoms with Crippen molar-refractivity contribution in [1.82, 2.24) is 9.80 Å². The van der Waals surface area contributed by atoms with Gasteiger partial charge in [-0.25, -0.2) is 4.79 Å². The molecule has 0 radical (unpaired) electrons. The van der Waals surface area contributed by atoms with Gasteiger partial charge in [-0.3, -0.25) is 4.79 Å². The van der Waals surface area contributed by atoms with Crippen LogP contribution in [0.2, 0.25) is 0 Å². The van der Waals surface area contributed by atoms with Gasteiger partial charge >= 0.3 is 6.09 Å². The molecule has 7 nitrogen and oxygen atoms in total. The Labute approximate surface area is 159 Å². The third-order valence-corrected chi connectivity index (χ3v) is 5.70. The molecule has 1 N–H and O–H groups in total. The number of benzene rings is 1. The Balaban J connectivity index is 2.08. The highest BCUT2D eigenvalue weighted by atomic mass is 16.4. The number of carboxylic acid groups (broad SMARTS) is 1. The standard InChI is InChI=1S/C20H26N4O3/c1-19(2,3)16-22(4)17(25)20(9-11-23(12-10-20)18(26)27)24(16)15-7-5-14(13-21)6-8-15/h5-8,16H,9-12H2,1-4H3,(H,26,27). The Bertz CT molecular complexity index is 783. The van der Waals surface area contributed by atoms with Crippen LogP contribution in [0.5, 0.6) is 0 Å². The summed E-state index contributed by atoms with van der Waals surface area (Å²) in [5.41, 5.74) is 0.494. The number of likely N-dealkylation sites (N-methyl/N-ethyl adjacent to an activating group) is 1. The van der Waals surface area contributed by atoms with E-state index in [4.69, 9.17) is 5.26 Å². The normalized spacial score (nSPS) is 22.3. The molecule has 0 aromatic heterocycles. The third-order valence-electron chi connectivity index (χ3n) is 5.70. The second kappa shape index (κ2) is 6.45. The average Bonchev–Trinajstić information content (AvgIpc) is 2.84. The van der Waals surface area contributed by atoms with Crippen molar-refractivity contribution in [2.45, 2.75) is 45.3 Å². The molecule has 2 heterocycles. The number of piperidine rings is 1. The first-order valence-corrected chi connectivity index (χ1v) is 9.16. The van der Waals surface area contributed by atoms with E-state index in [2.05, 4.69) is 31.7 Å². The van der Waals surface area contributed by atoms with Crippen LogP contribution < -0.4 is 4.90 Å². The molecule has 2 amide bonds. The van der Waals surface area contributed by atoms with Crippen LogP contribution in [-0.4, -0.2) is 58.7 Å². The van der Waals surface area contributed by atoms with Gasteiger partial charge in [0.2, 0.25) is 5.91 Å². The highest BCUT2D eigenvalue weighted by Crippen LogP contribution is 2.46. The number of anilines is 1. The molecule has 1 aromatic rings. The van der Waals surface area contributed by atoms with E-state index in [1.54, 1.807) is 17.0 Å². The summed E-state index contributed by atoms with van der Waals surface area (Å²) < 4.78 is 0. The SMILES string of the molecule is CN1C(=O)C2(CCN(C(=O)O)CC2)N(c2ccc(C#N)cc2)C1C(C)(C)C. The summed E-state index contributed by atoms with van der Waals surface area (Å²) >= 11 is 0. The molecule has 2 aliphatic heterocycles. The molecule has 2 aliphatic rings. The zero-order valence-corrected chi connectivity index (χ0v) is 16.3. The average molecular weight is 370 g/mol. The number of amides is 2. The minimum absolute atomic E-state index is 0.0387. The van der Waals surface area contributed by atoms with Gasteiger partial charge in [0.1, 0.15) is 11.7 Å². The molecular weight excluding hydrogens is 344 g/mol. The van der Waals surface area contributed by atoms with Crippen molar-refractivity contribution >= 4 is 17.7 Å². The third kappa shape index (κ3) is 2.99. The van der Waals surface area contributed by atoms with E-state index in [-0.39, 0.29) is 17.5 Å². The van der Waals surface area contributed by atoms with Gasteiger partial charge in [0.25, 0.3) is 0 Å². The van der Waals surface area contributed by atoms with E-state index in [0.29, 0.717) is 31.5 Å². The summed E-state index contributed by atoms with van der Waals surface area (Å²) in [5.74, 6) is 0.0387. The lowest BCUT2D eigenvalue weighted by Gasteiger charge is -2.47. The number of carbonyl (C=O) groups is 2. The van der Waals surface area contributed by atoms with E-state index in [1.807, 2.05) is 19.2 Å². The molecule has 3 rings (SSSR count). The molecule has 7 heteroatoms. The highest BCUT2D eigenvalue weighted by molar-refractivity contribution is 5.94. The van der Waals surface area contributed by atoms with Crippen molar-refractivity contribution in [3.63, 3.8) is 0 Å². The van der Waals surface area contributed by atoms with Crippen molar-refractivity contribution in [1.29, 1.82) is 5.26 Å². The maximum Gasteiger partial charge on any atom is 0.407 e. The van der Waals surface area contributed by atoms with Crippen LogP contribution in [0.3, 0.4) is 0 Å². The monoisotopic (exact) mass is 370 g/mol. The van der Waals surface area contributed by atoms with Crippen LogP contribution in [0, 0.1) is 16.7 Å². The Kier molecular flexibility index (Phi) is 4.54. The van der Waals surface area contributed by atoms with Gasteiger partial charge < -0.3 is 19.8 Å². The second-order valence-electron chi connectivity index (χ2n) is 8.49. The van der Waals surface area contributed by atoms with Crippen LogP contribution in [0.15, 0.2) is 24.3 Å². The molecule has 2 saturated heterocycles. The van der Waals surface area contributed by atoms with Crippen molar-refractivity contribution in [2.75, 3.05) is 25.0 Å². The summed E-state index contributed by atoms with van der Waals surface area (Å²) in [7, 11) is 1.83. The molecule has 27 heavy (non-hydrogen) atoms. The molecule has 1 unspecified atom stereocenters. The molecule has 0 aliphatic carbocycles. The zero-order chi connectivity index (χ0) is 20.0. The Morgan fingerprint density at radius 1 is 1.22 bits per heavy atom. The summed E-state index contributed by atoms with van der Waals surface area (Å²) in [5, 5.41) is 18.4. The van der Waals surface area contributed by atoms with Gasteiger partial charge in [0, 0.05) is 31.2 Å². The van der Waals surface area contributed by atoms with Gasteiger partial charge in [-0.1, -0.05) is 20.8 Å². The van der Waals surface area contributed by atoms with Gasteiger partial charge in [0.05, 0.1) is 11.6 Å². The summed E-state index contributed by atoms with van der Waals surface area (Å²) in [6, 6.07) is 9.42. The van der Waals surface area contributed by atoms with E-state index in [9.17, 15) is 14.7 Å². The smallest absolute Gasteiger partial charge is 0.407 e. The van der Waals surface area contributed by atoms with E-state index >= 15 is 0 Å².